The molecule has 0 spiro atoms. The molecule has 0 heterocycles. The van der Waals surface area contributed by atoms with E-state index < -0.39 is 10.9 Å². The molecular formula is C13H18N2O6. The van der Waals surface area contributed by atoms with Gasteiger partial charge in [0.1, 0.15) is 0 Å². The van der Waals surface area contributed by atoms with Crippen LogP contribution >= 0.6 is 0 Å². The molecule has 116 valence electrons. The second kappa shape index (κ2) is 8.18. The Hall–Kier alpha value is -2.19. The molecule has 8 nitrogen and oxygen atoms in total. The minimum atomic E-state index is -1.14. The Morgan fingerprint density at radius 3 is 2.29 bits per heavy atom. The predicted octanol–water partition coefficient (Wildman–Crippen LogP) is 1.39. The van der Waals surface area contributed by atoms with Crippen molar-refractivity contribution in [3.05, 3.63) is 33.9 Å². The summed E-state index contributed by atoms with van der Waals surface area (Å²) in [4.78, 5) is 23.3. The Balaban J connectivity index is 3.19. The van der Waals surface area contributed by atoms with Crippen molar-refractivity contribution in [2.75, 3.05) is 45.4 Å². The van der Waals surface area contributed by atoms with Gasteiger partial charge in [-0.2, -0.15) is 0 Å². The number of aromatic carboxylic acids is 1. The number of rotatable bonds is 9. The van der Waals surface area contributed by atoms with Gasteiger partial charge in [-0.15, -0.1) is 0 Å². The standard InChI is InChI=1S/C13H18N2O6/c1-20-7-5-14(6-8-21-2)12-9-10(15(18)19)3-4-11(12)13(16)17/h3-4,9H,5-8H2,1-2H3,(H,16,17). The van der Waals surface area contributed by atoms with Crippen LogP contribution in [0.1, 0.15) is 10.4 Å². The minimum Gasteiger partial charge on any atom is -0.478 e. The topological polar surface area (TPSA) is 102 Å². The van der Waals surface area contributed by atoms with Crippen LogP contribution in [0.5, 0.6) is 0 Å². The third-order valence-electron chi connectivity index (χ3n) is 2.89. The summed E-state index contributed by atoms with van der Waals surface area (Å²) in [5.74, 6) is -1.14. The number of benzene rings is 1. The highest BCUT2D eigenvalue weighted by Gasteiger charge is 2.20. The van der Waals surface area contributed by atoms with E-state index in [4.69, 9.17) is 9.47 Å². The van der Waals surface area contributed by atoms with Gasteiger partial charge >= 0.3 is 5.97 Å². The summed E-state index contributed by atoms with van der Waals surface area (Å²) in [7, 11) is 3.06. The van der Waals surface area contributed by atoms with Gasteiger partial charge in [-0.1, -0.05) is 0 Å². The molecule has 0 fully saturated rings. The van der Waals surface area contributed by atoms with E-state index >= 15 is 0 Å². The van der Waals surface area contributed by atoms with Crippen LogP contribution in [0, 0.1) is 10.1 Å². The lowest BCUT2D eigenvalue weighted by atomic mass is 10.1. The Kier molecular flexibility index (Phi) is 6.57. The second-order valence-corrected chi connectivity index (χ2v) is 4.24. The molecule has 21 heavy (non-hydrogen) atoms. The van der Waals surface area contributed by atoms with Gasteiger partial charge in [0, 0.05) is 39.4 Å². The van der Waals surface area contributed by atoms with Crippen molar-refractivity contribution < 1.29 is 24.3 Å². The number of non-ortho nitro benzene ring substituents is 1. The Morgan fingerprint density at radius 2 is 1.86 bits per heavy atom. The monoisotopic (exact) mass is 298 g/mol. The van der Waals surface area contributed by atoms with Gasteiger partial charge in [0.05, 0.1) is 29.4 Å². The molecule has 0 bridgehead atoms. The molecule has 0 radical (unpaired) electrons. The van der Waals surface area contributed by atoms with Gasteiger partial charge in [-0.25, -0.2) is 4.79 Å². The minimum absolute atomic E-state index is 0.00723. The third-order valence-corrected chi connectivity index (χ3v) is 2.89. The van der Waals surface area contributed by atoms with E-state index in [-0.39, 0.29) is 16.9 Å². The Labute approximate surface area is 122 Å². The lowest BCUT2D eigenvalue weighted by Crippen LogP contribution is -2.32. The van der Waals surface area contributed by atoms with Crippen LogP contribution in [0.15, 0.2) is 18.2 Å². The number of ether oxygens (including phenoxy) is 2. The van der Waals surface area contributed by atoms with Gasteiger partial charge in [-0.3, -0.25) is 10.1 Å². The largest absolute Gasteiger partial charge is 0.478 e. The van der Waals surface area contributed by atoms with E-state index in [1.807, 2.05) is 0 Å². The molecule has 1 aromatic rings. The molecule has 0 saturated heterocycles. The van der Waals surface area contributed by atoms with Crippen LogP contribution in [0.4, 0.5) is 11.4 Å². The molecule has 0 aliphatic heterocycles. The lowest BCUT2D eigenvalue weighted by Gasteiger charge is -2.25. The van der Waals surface area contributed by atoms with E-state index in [0.717, 1.165) is 0 Å². The molecule has 0 saturated carbocycles. The van der Waals surface area contributed by atoms with Crippen LogP contribution in [0.3, 0.4) is 0 Å². The van der Waals surface area contributed by atoms with E-state index in [1.165, 1.54) is 32.4 Å². The van der Waals surface area contributed by atoms with Crippen molar-refractivity contribution in [3.8, 4) is 0 Å². The highest BCUT2D eigenvalue weighted by Crippen LogP contribution is 2.26. The number of carboxylic acid groups (broad SMARTS) is 1. The maximum Gasteiger partial charge on any atom is 0.337 e. The summed E-state index contributed by atoms with van der Waals surface area (Å²) >= 11 is 0. The number of nitro groups is 1. The first kappa shape index (κ1) is 16.9. The van der Waals surface area contributed by atoms with E-state index in [9.17, 15) is 20.0 Å². The van der Waals surface area contributed by atoms with Crippen LogP contribution in [0.25, 0.3) is 0 Å². The molecule has 8 heteroatoms. The van der Waals surface area contributed by atoms with Crippen molar-refractivity contribution in [1.82, 2.24) is 0 Å². The first-order valence-corrected chi connectivity index (χ1v) is 6.25. The zero-order valence-corrected chi connectivity index (χ0v) is 11.9. The van der Waals surface area contributed by atoms with E-state index in [2.05, 4.69) is 0 Å². The fourth-order valence-corrected chi connectivity index (χ4v) is 1.83. The summed E-state index contributed by atoms with van der Waals surface area (Å²) < 4.78 is 9.98. The van der Waals surface area contributed by atoms with Crippen molar-refractivity contribution in [3.63, 3.8) is 0 Å². The fourth-order valence-electron chi connectivity index (χ4n) is 1.83. The zero-order valence-electron chi connectivity index (χ0n) is 11.9. The number of hydrogen-bond donors (Lipinski definition) is 1. The van der Waals surface area contributed by atoms with Gasteiger partial charge in [0.15, 0.2) is 0 Å². The van der Waals surface area contributed by atoms with Crippen molar-refractivity contribution in [1.29, 1.82) is 0 Å². The fraction of sp³-hybridized carbons (Fsp3) is 0.462. The lowest BCUT2D eigenvalue weighted by molar-refractivity contribution is -0.384. The van der Waals surface area contributed by atoms with Crippen LogP contribution in [-0.4, -0.2) is 56.5 Å². The predicted molar refractivity (Wildman–Crippen MR) is 76.0 cm³/mol. The molecule has 1 rings (SSSR count). The quantitative estimate of drug-likeness (QED) is 0.543. The highest BCUT2D eigenvalue weighted by atomic mass is 16.6. The van der Waals surface area contributed by atoms with Crippen molar-refractivity contribution >= 4 is 17.3 Å². The number of nitrogens with zero attached hydrogens (tertiary/aromatic N) is 2. The van der Waals surface area contributed by atoms with Crippen molar-refractivity contribution in [2.24, 2.45) is 0 Å². The van der Waals surface area contributed by atoms with Gasteiger partial charge in [-0.05, 0) is 6.07 Å². The molecule has 0 amide bonds. The SMILES string of the molecule is COCCN(CCOC)c1cc([N+](=O)[O-])ccc1C(=O)O. The number of anilines is 1. The number of nitro benzene ring substituents is 1. The summed E-state index contributed by atoms with van der Waals surface area (Å²) in [5.41, 5.74) is 0.133. The van der Waals surface area contributed by atoms with Crippen molar-refractivity contribution in [2.45, 2.75) is 0 Å². The number of methoxy groups -OCH3 is 2. The third kappa shape index (κ3) is 4.69. The van der Waals surface area contributed by atoms with Gasteiger partial charge in [0.2, 0.25) is 0 Å². The molecule has 0 aliphatic carbocycles. The van der Waals surface area contributed by atoms with E-state index in [1.54, 1.807) is 4.90 Å². The van der Waals surface area contributed by atoms with Crippen LogP contribution < -0.4 is 4.90 Å². The highest BCUT2D eigenvalue weighted by molar-refractivity contribution is 5.95. The molecule has 1 aromatic carbocycles. The maximum atomic E-state index is 11.3. The molecule has 0 aliphatic rings. The number of hydrogen-bond acceptors (Lipinski definition) is 6. The van der Waals surface area contributed by atoms with Crippen LogP contribution in [-0.2, 0) is 9.47 Å². The van der Waals surface area contributed by atoms with Crippen LogP contribution in [0.2, 0.25) is 0 Å². The van der Waals surface area contributed by atoms with Gasteiger partial charge in [0.25, 0.3) is 5.69 Å². The normalized spacial score (nSPS) is 10.4. The summed E-state index contributed by atoms with van der Waals surface area (Å²) in [5, 5.41) is 20.1. The Bertz CT molecular complexity index is 497. The molecule has 1 N–H and O–H groups in total. The summed E-state index contributed by atoms with van der Waals surface area (Å²) in [6, 6.07) is 3.68. The number of carboxylic acids is 1. The van der Waals surface area contributed by atoms with E-state index in [0.29, 0.717) is 26.3 Å². The molecular weight excluding hydrogens is 280 g/mol. The van der Waals surface area contributed by atoms with Gasteiger partial charge < -0.3 is 19.5 Å². The average molecular weight is 298 g/mol. The Morgan fingerprint density at radius 1 is 1.29 bits per heavy atom. The summed E-state index contributed by atoms with van der Waals surface area (Å²) in [6.07, 6.45) is 0. The molecule has 0 aromatic heterocycles. The first-order valence-electron chi connectivity index (χ1n) is 6.25. The smallest absolute Gasteiger partial charge is 0.337 e. The molecule has 0 unspecified atom stereocenters. The zero-order chi connectivity index (χ0) is 15.8. The maximum absolute atomic E-state index is 11.3. The molecule has 0 atom stereocenters. The second-order valence-electron chi connectivity index (χ2n) is 4.24. The average Bonchev–Trinajstić information content (AvgIpc) is 2.46. The summed E-state index contributed by atoms with van der Waals surface area (Å²) in [6.45, 7) is 1.54. The number of carbonyl (C=O) groups is 1. The first-order chi connectivity index (χ1) is 10.0.